The van der Waals surface area contributed by atoms with Gasteiger partial charge in [-0.15, -0.1) is 11.8 Å². The van der Waals surface area contributed by atoms with Crippen molar-refractivity contribution in [2.24, 2.45) is 0 Å². The van der Waals surface area contributed by atoms with Crippen LogP contribution in [0.15, 0.2) is 47.4 Å². The van der Waals surface area contributed by atoms with Gasteiger partial charge in [-0.25, -0.2) is 4.79 Å². The zero-order valence-corrected chi connectivity index (χ0v) is 23.2. The van der Waals surface area contributed by atoms with Gasteiger partial charge in [0, 0.05) is 4.90 Å². The lowest BCUT2D eigenvalue weighted by atomic mass is 9.86. The van der Waals surface area contributed by atoms with Crippen molar-refractivity contribution in [3.05, 3.63) is 53.6 Å². The highest BCUT2D eigenvalue weighted by atomic mass is 32.2. The van der Waals surface area contributed by atoms with E-state index in [2.05, 4.69) is 32.9 Å². The molecule has 2 atom stereocenters. The summed E-state index contributed by atoms with van der Waals surface area (Å²) >= 11 is 1.54. The fraction of sp³-hybridized carbons (Fsp3) is 0.440. The molecule has 0 saturated heterocycles. The number of hydrogen-bond acceptors (Lipinski definition) is 6. The second-order valence-corrected chi connectivity index (χ2v) is 11.3. The number of benzene rings is 2. The van der Waals surface area contributed by atoms with Crippen molar-refractivity contribution in [3.63, 3.8) is 0 Å². The van der Waals surface area contributed by atoms with Crippen LogP contribution in [0.2, 0.25) is 0 Å². The van der Waals surface area contributed by atoms with E-state index in [0.29, 0.717) is 16.9 Å². The van der Waals surface area contributed by atoms with Gasteiger partial charge in [-0.1, -0.05) is 39.0 Å². The van der Waals surface area contributed by atoms with Crippen LogP contribution >= 0.6 is 11.8 Å². The first-order valence-corrected chi connectivity index (χ1v) is 12.6. The molecule has 0 aliphatic carbocycles. The molecule has 0 N–H and O–H groups in total. The third-order valence-corrected chi connectivity index (χ3v) is 7.50. The molecular formula is C25H33NO5SSi. The molecule has 3 rings (SSSR count). The lowest BCUT2D eigenvalue weighted by Crippen LogP contribution is -2.62. The van der Waals surface area contributed by atoms with E-state index in [9.17, 15) is 9.59 Å². The lowest BCUT2D eigenvalue weighted by molar-refractivity contribution is -0.149. The van der Waals surface area contributed by atoms with Crippen LogP contribution in [-0.2, 0) is 30.6 Å². The Kier molecular flexibility index (Phi) is 7.61. The number of hydrogen-bond donors (Lipinski definition) is 0. The largest absolute Gasteiger partial charge is 0.497 e. The van der Waals surface area contributed by atoms with Crippen LogP contribution in [0.4, 0.5) is 5.69 Å². The SMILES string of the molecule is COC(=O)C(C)(CO[SiH3])N1C(=O)C(Cc2ccc(OC)cc2)Sc2ccc(C(C)(C)C)cc21. The maximum Gasteiger partial charge on any atom is 0.334 e. The van der Waals surface area contributed by atoms with E-state index in [1.807, 2.05) is 30.3 Å². The van der Waals surface area contributed by atoms with Crippen molar-refractivity contribution in [3.8, 4) is 5.75 Å². The minimum Gasteiger partial charge on any atom is -0.497 e. The Bertz CT molecular complexity index is 1020. The normalized spacial score (nSPS) is 17.9. The summed E-state index contributed by atoms with van der Waals surface area (Å²) in [6.07, 6.45) is 0.531. The third-order valence-electron chi connectivity index (χ3n) is 5.96. The number of fused-ring (bicyclic) bond motifs is 1. The van der Waals surface area contributed by atoms with Gasteiger partial charge in [0.25, 0.3) is 0 Å². The van der Waals surface area contributed by atoms with E-state index in [-0.39, 0.29) is 23.2 Å². The first-order chi connectivity index (χ1) is 15.5. The number of anilines is 1. The van der Waals surface area contributed by atoms with Crippen LogP contribution in [0.25, 0.3) is 0 Å². The number of carbonyl (C=O) groups excluding carboxylic acids is 2. The second kappa shape index (κ2) is 9.91. The Balaban J connectivity index is 2.10. The minimum atomic E-state index is -1.27. The fourth-order valence-electron chi connectivity index (χ4n) is 4.05. The van der Waals surface area contributed by atoms with Crippen LogP contribution in [0.1, 0.15) is 38.8 Å². The molecule has 1 heterocycles. The van der Waals surface area contributed by atoms with E-state index in [0.717, 1.165) is 27.5 Å². The van der Waals surface area contributed by atoms with E-state index >= 15 is 0 Å². The van der Waals surface area contributed by atoms with Gasteiger partial charge in [-0.05, 0) is 54.2 Å². The van der Waals surface area contributed by atoms with Crippen molar-refractivity contribution >= 4 is 39.8 Å². The summed E-state index contributed by atoms with van der Waals surface area (Å²) in [5.74, 6) is 0.153. The predicted molar refractivity (Wildman–Crippen MR) is 135 cm³/mol. The van der Waals surface area contributed by atoms with Gasteiger partial charge in [0.2, 0.25) is 5.91 Å². The highest BCUT2D eigenvalue weighted by Gasteiger charge is 2.49. The van der Waals surface area contributed by atoms with Gasteiger partial charge < -0.3 is 13.9 Å². The maximum atomic E-state index is 13.9. The van der Waals surface area contributed by atoms with Crippen molar-refractivity contribution in [1.29, 1.82) is 0 Å². The molecule has 0 saturated carbocycles. The van der Waals surface area contributed by atoms with E-state index in [1.165, 1.54) is 18.9 Å². The summed E-state index contributed by atoms with van der Waals surface area (Å²) in [7, 11) is 3.41. The lowest BCUT2D eigenvalue weighted by Gasteiger charge is -2.44. The van der Waals surface area contributed by atoms with Crippen LogP contribution in [-0.4, -0.2) is 54.0 Å². The molecule has 0 spiro atoms. The quantitative estimate of drug-likeness (QED) is 0.441. The number of carbonyl (C=O) groups is 2. The van der Waals surface area contributed by atoms with E-state index < -0.39 is 11.5 Å². The number of amides is 1. The molecule has 2 unspecified atom stereocenters. The van der Waals surface area contributed by atoms with Gasteiger partial charge in [-0.2, -0.15) is 0 Å². The Hall–Kier alpha value is -2.29. The molecule has 2 aromatic carbocycles. The molecule has 0 aromatic heterocycles. The Labute approximate surface area is 203 Å². The van der Waals surface area contributed by atoms with Crippen LogP contribution in [0.5, 0.6) is 5.75 Å². The first kappa shape index (κ1) is 25.3. The molecule has 33 heavy (non-hydrogen) atoms. The molecule has 1 aliphatic heterocycles. The first-order valence-electron chi connectivity index (χ1n) is 10.9. The van der Waals surface area contributed by atoms with E-state index in [1.54, 1.807) is 18.9 Å². The number of nitrogens with zero attached hydrogens (tertiary/aromatic N) is 1. The average Bonchev–Trinajstić information content (AvgIpc) is 2.78. The summed E-state index contributed by atoms with van der Waals surface area (Å²) in [5.41, 5.74) is 1.47. The Morgan fingerprint density at radius 2 is 1.76 bits per heavy atom. The third kappa shape index (κ3) is 5.12. The molecule has 0 fully saturated rings. The van der Waals surface area contributed by atoms with Crippen molar-refractivity contribution in [2.75, 3.05) is 25.7 Å². The van der Waals surface area contributed by atoms with Crippen molar-refractivity contribution < 1.29 is 23.5 Å². The molecule has 0 bridgehead atoms. The molecule has 1 aliphatic rings. The van der Waals surface area contributed by atoms with Crippen LogP contribution < -0.4 is 9.64 Å². The predicted octanol–water partition coefficient (Wildman–Crippen LogP) is 3.27. The molecule has 178 valence electrons. The molecule has 8 heteroatoms. The summed E-state index contributed by atoms with van der Waals surface area (Å²) in [4.78, 5) is 29.5. The summed E-state index contributed by atoms with van der Waals surface area (Å²) in [5, 5.41) is -0.385. The van der Waals surface area contributed by atoms with Crippen LogP contribution in [0.3, 0.4) is 0 Å². The standard InChI is InChI=1S/C25H33NO5SSi/c1-24(2,3)17-9-12-20-19(14-17)26(25(4,15-31-33)23(28)30-6)22(27)21(32-20)13-16-7-10-18(29-5)11-8-16/h7-12,14,21H,13,15H2,1-6,33H3. The topological polar surface area (TPSA) is 65.1 Å². The van der Waals surface area contributed by atoms with Crippen molar-refractivity contribution in [1.82, 2.24) is 0 Å². The number of ether oxygens (including phenoxy) is 2. The van der Waals surface area contributed by atoms with Gasteiger partial charge in [0.05, 0.1) is 31.8 Å². The average molecular weight is 488 g/mol. The number of thioether (sulfide) groups is 1. The highest BCUT2D eigenvalue weighted by molar-refractivity contribution is 8.01. The molecule has 1 amide bonds. The van der Waals surface area contributed by atoms with Gasteiger partial charge in [0.15, 0.2) is 5.54 Å². The number of esters is 1. The Morgan fingerprint density at radius 1 is 1.09 bits per heavy atom. The Morgan fingerprint density at radius 3 is 2.30 bits per heavy atom. The molecule has 2 aromatic rings. The molecule has 6 nitrogen and oxygen atoms in total. The maximum absolute atomic E-state index is 13.9. The fourth-order valence-corrected chi connectivity index (χ4v) is 5.82. The summed E-state index contributed by atoms with van der Waals surface area (Å²) in [6, 6.07) is 13.9. The number of methoxy groups -OCH3 is 2. The van der Waals surface area contributed by atoms with E-state index in [4.69, 9.17) is 13.9 Å². The van der Waals surface area contributed by atoms with Crippen molar-refractivity contribution in [2.45, 2.75) is 55.2 Å². The monoisotopic (exact) mass is 487 g/mol. The molecule has 0 radical (unpaired) electrons. The van der Waals surface area contributed by atoms with Gasteiger partial charge >= 0.3 is 5.97 Å². The zero-order valence-electron chi connectivity index (χ0n) is 20.4. The van der Waals surface area contributed by atoms with Gasteiger partial charge in [-0.3, -0.25) is 9.69 Å². The highest BCUT2D eigenvalue weighted by Crippen LogP contribution is 2.45. The van der Waals surface area contributed by atoms with Crippen LogP contribution in [0, 0.1) is 0 Å². The summed E-state index contributed by atoms with van der Waals surface area (Å²) < 4.78 is 15.9. The van der Waals surface area contributed by atoms with Gasteiger partial charge in [0.1, 0.15) is 16.2 Å². The summed E-state index contributed by atoms with van der Waals surface area (Å²) in [6.45, 7) is 8.19. The smallest absolute Gasteiger partial charge is 0.334 e. The molecular weight excluding hydrogens is 454 g/mol. The minimum absolute atomic E-state index is 0.0801. The zero-order chi connectivity index (χ0) is 24.4. The number of rotatable bonds is 7. The second-order valence-electron chi connectivity index (χ2n) is 9.46.